The van der Waals surface area contributed by atoms with Gasteiger partial charge in [-0.15, -0.1) is 10.2 Å². The molecule has 2 heterocycles. The van der Waals surface area contributed by atoms with Gasteiger partial charge in [-0.1, -0.05) is 66.7 Å². The molecular formula is C29H22N6NaO2S. The molecule has 0 unspecified atom stereocenters. The molecule has 1 fully saturated rings. The number of thioether (sulfide) groups is 1. The van der Waals surface area contributed by atoms with Gasteiger partial charge in [-0.3, -0.25) is 4.79 Å². The summed E-state index contributed by atoms with van der Waals surface area (Å²) in [6, 6.07) is 29.9. The summed E-state index contributed by atoms with van der Waals surface area (Å²) in [5, 5.41) is 20.5. The molecule has 0 spiro atoms. The number of carbonyl (C=O) groups is 1. The van der Waals surface area contributed by atoms with Crippen LogP contribution >= 0.6 is 11.8 Å². The first kappa shape index (κ1) is 27.0. The topological polar surface area (TPSA) is 100 Å². The van der Waals surface area contributed by atoms with Gasteiger partial charge in [0.1, 0.15) is 12.4 Å². The Bertz CT molecular complexity index is 1610. The van der Waals surface area contributed by atoms with E-state index < -0.39 is 0 Å². The molecular weight excluding hydrogens is 519 g/mol. The van der Waals surface area contributed by atoms with Gasteiger partial charge >= 0.3 is 0 Å². The summed E-state index contributed by atoms with van der Waals surface area (Å²) in [5.74, 6) is 0.528. The van der Waals surface area contributed by atoms with Crippen LogP contribution in [0.25, 0.3) is 16.8 Å². The zero-order valence-electron chi connectivity index (χ0n) is 21.2. The van der Waals surface area contributed by atoms with Crippen LogP contribution in [0.5, 0.6) is 5.75 Å². The molecule has 0 aliphatic carbocycles. The summed E-state index contributed by atoms with van der Waals surface area (Å²) in [5.41, 5.74) is 3.71. The fourth-order valence-electron chi connectivity index (χ4n) is 4.14. The number of aliphatic imine (C=N–C) groups is 1. The van der Waals surface area contributed by atoms with Crippen LogP contribution in [0, 0.1) is 0 Å². The quantitative estimate of drug-likeness (QED) is 0.210. The van der Waals surface area contributed by atoms with E-state index >= 15 is 0 Å². The van der Waals surface area contributed by atoms with E-state index in [0.29, 0.717) is 23.1 Å². The van der Waals surface area contributed by atoms with E-state index in [2.05, 4.69) is 43.1 Å². The van der Waals surface area contributed by atoms with Crippen LogP contribution in [-0.2, 0) is 17.8 Å². The minimum atomic E-state index is -0.263. The van der Waals surface area contributed by atoms with E-state index in [1.807, 2.05) is 84.9 Å². The van der Waals surface area contributed by atoms with Gasteiger partial charge in [0.25, 0.3) is 5.91 Å². The summed E-state index contributed by atoms with van der Waals surface area (Å²) in [4.78, 5) is 18.0. The molecule has 10 heteroatoms. The van der Waals surface area contributed by atoms with Crippen LogP contribution in [0.4, 0.5) is 5.69 Å². The van der Waals surface area contributed by atoms with Gasteiger partial charge in [0, 0.05) is 41.5 Å². The molecule has 1 saturated heterocycles. The van der Waals surface area contributed by atoms with Crippen molar-refractivity contribution in [2.45, 2.75) is 19.2 Å². The maximum Gasteiger partial charge on any atom is 0.264 e. The van der Waals surface area contributed by atoms with Crippen LogP contribution in [0.15, 0.2) is 122 Å². The predicted octanol–water partition coefficient (Wildman–Crippen LogP) is 6.63. The number of amidine groups is 1. The van der Waals surface area contributed by atoms with Crippen molar-refractivity contribution in [1.82, 2.24) is 5.32 Å². The van der Waals surface area contributed by atoms with Crippen molar-refractivity contribution >= 4 is 74.9 Å². The average molecular weight is 542 g/mol. The monoisotopic (exact) mass is 541 g/mol. The molecule has 39 heavy (non-hydrogen) atoms. The summed E-state index contributed by atoms with van der Waals surface area (Å²) < 4.78 is 6.22. The summed E-state index contributed by atoms with van der Waals surface area (Å²) in [6.45, 7) is 0.434. The van der Waals surface area contributed by atoms with Gasteiger partial charge < -0.3 is 10.1 Å². The third-order valence-corrected chi connectivity index (χ3v) is 6.96. The van der Waals surface area contributed by atoms with Crippen LogP contribution < -0.4 is 10.1 Å². The first-order valence-electron chi connectivity index (χ1n) is 12.1. The minimum Gasteiger partial charge on any atom is -0.488 e. The van der Waals surface area contributed by atoms with Crippen LogP contribution in [0.3, 0.4) is 0 Å². The molecule has 4 aromatic rings. The van der Waals surface area contributed by atoms with Crippen molar-refractivity contribution in [3.63, 3.8) is 0 Å². The van der Waals surface area contributed by atoms with E-state index in [1.54, 1.807) is 0 Å². The van der Waals surface area contributed by atoms with Crippen molar-refractivity contribution in [2.75, 3.05) is 0 Å². The molecule has 6 rings (SSSR count). The van der Waals surface area contributed by atoms with Gasteiger partial charge in [-0.2, -0.15) is 0 Å². The molecule has 8 nitrogen and oxygen atoms in total. The zero-order valence-corrected chi connectivity index (χ0v) is 24.0. The molecule has 187 valence electrons. The Labute approximate surface area is 251 Å². The molecule has 0 saturated carbocycles. The SMILES string of the molecule is O=C1NC(=Nc2ccc(CC3N=NN=N3)cc2)SC1=Cc1cc2ccccc2cc1OCc1ccccc1.[Na]. The molecule has 1 radical (unpaired) electrons. The first-order valence-corrected chi connectivity index (χ1v) is 12.9. The number of carbonyl (C=O) groups excluding carboxylic acids is 1. The third kappa shape index (κ3) is 6.69. The fourth-order valence-corrected chi connectivity index (χ4v) is 4.97. The summed E-state index contributed by atoms with van der Waals surface area (Å²) >= 11 is 1.31. The Morgan fingerprint density at radius 2 is 1.56 bits per heavy atom. The molecule has 2 aliphatic rings. The third-order valence-electron chi connectivity index (χ3n) is 6.05. The number of benzene rings is 4. The normalized spacial score (nSPS) is 16.7. The number of nitrogens with one attached hydrogen (secondary N) is 1. The second-order valence-corrected chi connectivity index (χ2v) is 9.78. The minimum absolute atomic E-state index is 0. The maximum atomic E-state index is 12.8. The summed E-state index contributed by atoms with van der Waals surface area (Å²) in [7, 11) is 0. The van der Waals surface area contributed by atoms with Crippen molar-refractivity contribution in [3.05, 3.63) is 113 Å². The molecule has 1 amide bonds. The summed E-state index contributed by atoms with van der Waals surface area (Å²) in [6.07, 6.45) is 2.23. The molecule has 0 atom stereocenters. The molecule has 0 bridgehead atoms. The van der Waals surface area contributed by atoms with E-state index in [9.17, 15) is 4.79 Å². The maximum absolute atomic E-state index is 12.8. The van der Waals surface area contributed by atoms with E-state index in [1.165, 1.54) is 11.8 Å². The van der Waals surface area contributed by atoms with Gasteiger partial charge in [0.15, 0.2) is 11.3 Å². The molecule has 2 aliphatic heterocycles. The van der Waals surface area contributed by atoms with Gasteiger partial charge in [0.2, 0.25) is 0 Å². The average Bonchev–Trinajstić information content (AvgIpc) is 3.58. The zero-order chi connectivity index (χ0) is 25.7. The largest absolute Gasteiger partial charge is 0.488 e. The van der Waals surface area contributed by atoms with E-state index in [0.717, 1.165) is 38.9 Å². The second-order valence-electron chi connectivity index (χ2n) is 8.75. The number of amides is 1. The smallest absolute Gasteiger partial charge is 0.264 e. The number of hydrogen-bond donors (Lipinski definition) is 1. The first-order chi connectivity index (χ1) is 18.7. The van der Waals surface area contributed by atoms with Crippen molar-refractivity contribution in [3.8, 4) is 5.75 Å². The van der Waals surface area contributed by atoms with Crippen LogP contribution in [-0.4, -0.2) is 46.8 Å². The van der Waals surface area contributed by atoms with Gasteiger partial charge in [0.05, 0.1) is 10.6 Å². The van der Waals surface area contributed by atoms with Crippen LogP contribution in [0.1, 0.15) is 16.7 Å². The van der Waals surface area contributed by atoms with Crippen molar-refractivity contribution in [1.29, 1.82) is 0 Å². The Morgan fingerprint density at radius 1 is 0.872 bits per heavy atom. The number of fused-ring (bicyclic) bond motifs is 1. The number of nitrogens with zero attached hydrogens (tertiary/aromatic N) is 5. The van der Waals surface area contributed by atoms with Crippen molar-refractivity contribution < 1.29 is 9.53 Å². The predicted molar refractivity (Wildman–Crippen MR) is 155 cm³/mol. The second kappa shape index (κ2) is 12.5. The van der Waals surface area contributed by atoms with Gasteiger partial charge in [-0.05, 0) is 74.4 Å². The Balaban J connectivity index is 0.00000308. The van der Waals surface area contributed by atoms with Gasteiger partial charge in [-0.25, -0.2) is 4.99 Å². The number of rotatable bonds is 7. The molecule has 4 aromatic carbocycles. The molecule has 0 aromatic heterocycles. The van der Waals surface area contributed by atoms with E-state index in [4.69, 9.17) is 4.74 Å². The number of hydrogen-bond acceptors (Lipinski definition) is 8. The van der Waals surface area contributed by atoms with Crippen LogP contribution in [0.2, 0.25) is 0 Å². The molecule has 1 N–H and O–H groups in total. The van der Waals surface area contributed by atoms with E-state index in [-0.39, 0.29) is 41.6 Å². The Morgan fingerprint density at radius 3 is 2.31 bits per heavy atom. The fraction of sp³-hybridized carbons (Fsp3) is 0.103. The Kier molecular flexibility index (Phi) is 8.63. The Hall–Kier alpha value is -3.63. The number of ether oxygens (including phenoxy) is 1. The van der Waals surface area contributed by atoms with Crippen molar-refractivity contribution in [2.24, 2.45) is 25.7 Å². The standard InChI is InChI=1S/C29H22N6O2S.Na/c36-28-26(38-29(31-28)30-24-12-10-19(11-13-24)14-27-32-34-35-33-27)17-23-15-21-8-4-5-9-22(21)16-25(23)37-18-20-6-2-1-3-7-20;/h1-13,15-17,27H,14,18H2,(H,30,31,36);.